The Morgan fingerprint density at radius 3 is 2.16 bits per heavy atom. The molecule has 0 aliphatic rings. The molecule has 0 amide bonds. The Labute approximate surface area is 301 Å². The number of nitrogens with two attached hydrogens (primary N) is 1. The molecule has 3 N–H and O–H groups in total. The zero-order valence-electron chi connectivity index (χ0n) is 32.0. The predicted molar refractivity (Wildman–Crippen MR) is 197 cm³/mol. The minimum absolute atomic E-state index is 0.191. The molecule has 0 unspecified atom stereocenters. The number of carbonyl (C=O) groups is 2. The summed E-state index contributed by atoms with van der Waals surface area (Å²) < 4.78 is 61.9. The third-order valence-corrected chi connectivity index (χ3v) is 8.05. The Kier molecular flexibility index (Phi) is 19.7. The summed E-state index contributed by atoms with van der Waals surface area (Å²) in [4.78, 5) is 32.7. The number of carbonyl (C=O) groups excluding carboxylic acids is 2. The number of fused-ring (bicyclic) bond motifs is 2. The second-order valence-corrected chi connectivity index (χ2v) is 18.9. The third-order valence-electron chi connectivity index (χ3n) is 6.34. The van der Waals surface area contributed by atoms with E-state index in [0.29, 0.717) is 59.4 Å². The van der Waals surface area contributed by atoms with Gasteiger partial charge in [0, 0.05) is 35.6 Å². The zero-order chi connectivity index (χ0) is 39.2. The second kappa shape index (κ2) is 23.0. The fraction of sp³-hybridized carbons (Fsp3) is 0.556. The Hall–Kier alpha value is -3.63. The highest BCUT2D eigenvalue weighted by atomic mass is 28.3. The maximum Gasteiger partial charge on any atom is 0.446 e. The summed E-state index contributed by atoms with van der Waals surface area (Å²) in [7, 11) is -1.11. The van der Waals surface area contributed by atoms with Gasteiger partial charge in [-0.1, -0.05) is 57.7 Å². The quantitative estimate of drug-likeness (QED) is 0.0540. The largest absolute Gasteiger partial charge is 0.460 e. The first-order chi connectivity index (χ1) is 24.4. The van der Waals surface area contributed by atoms with Crippen LogP contribution in [0.2, 0.25) is 25.7 Å². The fourth-order valence-electron chi connectivity index (χ4n) is 4.11. The van der Waals surface area contributed by atoms with Gasteiger partial charge in [0.15, 0.2) is 0 Å². The van der Waals surface area contributed by atoms with Gasteiger partial charge in [0.05, 0.1) is 28.7 Å². The molecule has 0 aliphatic heterocycles. The van der Waals surface area contributed by atoms with E-state index in [1.165, 1.54) is 0 Å². The van der Waals surface area contributed by atoms with Crippen molar-refractivity contribution < 1.29 is 43.1 Å². The molecular formula is C36H56F3N5O6Si. The number of benzene rings is 2. The van der Waals surface area contributed by atoms with Crippen LogP contribution >= 0.6 is 0 Å². The van der Waals surface area contributed by atoms with E-state index in [4.69, 9.17) is 35.8 Å². The minimum Gasteiger partial charge on any atom is -0.460 e. The minimum atomic E-state index is -4.64. The van der Waals surface area contributed by atoms with E-state index in [9.17, 15) is 18.0 Å². The monoisotopic (exact) mass is 740 g/mol. The van der Waals surface area contributed by atoms with Crippen LogP contribution in [-0.4, -0.2) is 78.0 Å². The van der Waals surface area contributed by atoms with E-state index in [-0.39, 0.29) is 5.97 Å². The molecule has 0 fully saturated rings. The van der Waals surface area contributed by atoms with Crippen LogP contribution < -0.4 is 5.73 Å². The molecule has 4 aromatic rings. The van der Waals surface area contributed by atoms with Gasteiger partial charge in [0.2, 0.25) is 6.29 Å². The van der Waals surface area contributed by atoms with Gasteiger partial charge in [-0.2, -0.15) is 13.2 Å². The van der Waals surface area contributed by atoms with Crippen LogP contribution in [0.4, 0.5) is 13.2 Å². The summed E-state index contributed by atoms with van der Waals surface area (Å²) in [5.74, 6) is 1.50. The smallest absolute Gasteiger partial charge is 0.446 e. The van der Waals surface area contributed by atoms with Gasteiger partial charge in [0.25, 0.3) is 0 Å². The zero-order valence-corrected chi connectivity index (χ0v) is 32.0. The van der Waals surface area contributed by atoms with Crippen LogP contribution in [-0.2, 0) is 48.5 Å². The topological polar surface area (TPSA) is 144 Å². The summed E-state index contributed by atoms with van der Waals surface area (Å²) in [6, 6.07) is 17.1. The highest BCUT2D eigenvalue weighted by molar-refractivity contribution is 6.76. The Bertz CT molecular complexity index is 1560. The molecular weight excluding hydrogens is 684 g/mol. The van der Waals surface area contributed by atoms with Gasteiger partial charge in [0.1, 0.15) is 37.2 Å². The van der Waals surface area contributed by atoms with Gasteiger partial charge >= 0.3 is 12.1 Å². The summed E-state index contributed by atoms with van der Waals surface area (Å²) in [6.45, 7) is 18.7. The van der Waals surface area contributed by atoms with Crippen molar-refractivity contribution in [2.45, 2.75) is 105 Å². The summed E-state index contributed by atoms with van der Waals surface area (Å²) in [5, 5.41) is 0. The Morgan fingerprint density at radius 1 is 0.961 bits per heavy atom. The lowest BCUT2D eigenvalue weighted by Gasteiger charge is -2.19. The van der Waals surface area contributed by atoms with Gasteiger partial charge in [-0.3, -0.25) is 9.59 Å². The number of H-pyrrole nitrogens is 1. The number of alkyl halides is 3. The Morgan fingerprint density at radius 2 is 1.57 bits per heavy atom. The van der Waals surface area contributed by atoms with Crippen molar-refractivity contribution in [3.05, 3.63) is 60.2 Å². The van der Waals surface area contributed by atoms with Crippen LogP contribution in [0.1, 0.15) is 60.5 Å². The van der Waals surface area contributed by atoms with Crippen LogP contribution in [0.25, 0.3) is 22.1 Å². The van der Waals surface area contributed by atoms with Crippen molar-refractivity contribution in [1.29, 1.82) is 0 Å². The molecule has 0 spiro atoms. The number of aldehydes is 1. The highest BCUT2D eigenvalue weighted by Gasteiger charge is 2.25. The van der Waals surface area contributed by atoms with E-state index in [1.807, 2.05) is 63.2 Å². The van der Waals surface area contributed by atoms with E-state index >= 15 is 0 Å². The molecule has 51 heavy (non-hydrogen) atoms. The van der Waals surface area contributed by atoms with Crippen LogP contribution in [0, 0.1) is 0 Å². The molecule has 0 bridgehead atoms. The first-order valence-electron chi connectivity index (χ1n) is 17.5. The molecule has 0 radical (unpaired) electrons. The molecule has 0 aliphatic carbocycles. The number of esters is 1. The lowest BCUT2D eigenvalue weighted by atomic mass is 10.2. The number of nitrogens with zero attached hydrogens (tertiary/aromatic N) is 3. The van der Waals surface area contributed by atoms with Crippen LogP contribution in [0.15, 0.2) is 48.5 Å². The average Bonchev–Trinajstić information content (AvgIpc) is 3.63. The molecule has 2 heterocycles. The van der Waals surface area contributed by atoms with E-state index in [0.717, 1.165) is 46.4 Å². The van der Waals surface area contributed by atoms with Crippen molar-refractivity contribution in [3.8, 4) is 0 Å². The molecule has 286 valence electrons. The van der Waals surface area contributed by atoms with Crippen molar-refractivity contribution >= 4 is 42.4 Å². The number of nitrogens with one attached hydrogen (secondary N) is 1. The van der Waals surface area contributed by atoms with Gasteiger partial charge in [-0.05, 0) is 57.5 Å². The molecule has 0 saturated carbocycles. The summed E-state index contributed by atoms with van der Waals surface area (Å²) >= 11 is 0. The fourth-order valence-corrected chi connectivity index (χ4v) is 4.87. The number of hydrogen-bond donors (Lipinski definition) is 2. The molecule has 11 nitrogen and oxygen atoms in total. The van der Waals surface area contributed by atoms with Crippen LogP contribution in [0.3, 0.4) is 0 Å². The molecule has 4 rings (SSSR count). The number of rotatable bonds is 15. The number of aromatic amines is 1. The number of imidazole rings is 2. The third kappa shape index (κ3) is 20.1. The van der Waals surface area contributed by atoms with E-state index in [2.05, 4.69) is 40.2 Å². The maximum absolute atomic E-state index is 11.8. The predicted octanol–water partition coefficient (Wildman–Crippen LogP) is 7.80. The summed E-state index contributed by atoms with van der Waals surface area (Å²) in [5.41, 5.74) is 8.87. The lowest BCUT2D eigenvalue weighted by Crippen LogP contribution is -2.23. The highest BCUT2D eigenvalue weighted by Crippen LogP contribution is 2.18. The van der Waals surface area contributed by atoms with Crippen LogP contribution in [0.5, 0.6) is 0 Å². The number of aromatic nitrogens is 4. The van der Waals surface area contributed by atoms with E-state index in [1.54, 1.807) is 6.92 Å². The van der Waals surface area contributed by atoms with Crippen molar-refractivity contribution in [1.82, 2.24) is 19.5 Å². The van der Waals surface area contributed by atoms with E-state index < -0.39 is 26.1 Å². The molecule has 2 aromatic heterocycles. The van der Waals surface area contributed by atoms with Gasteiger partial charge < -0.3 is 34.2 Å². The SMILES string of the molecule is CC(C)(C)OC(=O)CCCOCc1nc2ccccc2n1COCC[Si](C)(C)C.NCCOCc1nc2ccccc2[nH]1.O=CC(F)(F)F.[2H]CC. The van der Waals surface area contributed by atoms with Crippen molar-refractivity contribution in [2.75, 3.05) is 26.4 Å². The first kappa shape index (κ1) is 43.5. The normalized spacial score (nSPS) is 11.8. The first-order valence-corrected chi connectivity index (χ1v) is 20.5. The maximum atomic E-state index is 11.8. The number of hydrogen-bond acceptors (Lipinski definition) is 9. The number of halogens is 3. The van der Waals surface area contributed by atoms with Gasteiger partial charge in [-0.25, -0.2) is 9.97 Å². The molecule has 0 saturated heterocycles. The lowest BCUT2D eigenvalue weighted by molar-refractivity contribution is -0.156. The molecule has 15 heteroatoms. The molecule has 0 atom stereocenters. The summed E-state index contributed by atoms with van der Waals surface area (Å²) in [6.07, 6.45) is -4.72. The number of ether oxygens (including phenoxy) is 4. The second-order valence-electron chi connectivity index (χ2n) is 13.2. The molecule has 2 aromatic carbocycles. The van der Waals surface area contributed by atoms with Crippen molar-refractivity contribution in [2.24, 2.45) is 5.73 Å². The van der Waals surface area contributed by atoms with Crippen molar-refractivity contribution in [3.63, 3.8) is 0 Å². The number of para-hydroxylation sites is 4. The average molecular weight is 741 g/mol. The van der Waals surface area contributed by atoms with Gasteiger partial charge in [-0.15, -0.1) is 0 Å². The standard InChI is InChI=1S/C22H36N2O4Si.C10H13N3O.C2HF3O.C2H6/c1-22(2,3)28-21(25)12-9-13-26-16-20-23-18-10-7-8-11-19(18)24(20)17-27-14-15-29(4,5)6;11-5-6-14-7-10-12-8-3-1-2-4-9(8)13-10;3-2(4,5)1-6;1-2/h7-8,10-11H,9,12-17H2,1-6H3;1-4H,5-7,11H2,(H,12,13);1H;1-2H3/i;;;1D. The Balaban J connectivity index is 0.000000481.